The molecule has 110 valence electrons. The Morgan fingerprint density at radius 1 is 1.14 bits per heavy atom. The Hall–Kier alpha value is -1.90. The maximum atomic E-state index is 4.78. The molecule has 0 aliphatic heterocycles. The molecule has 0 bridgehead atoms. The van der Waals surface area contributed by atoms with Gasteiger partial charge in [0.25, 0.3) is 0 Å². The number of hydrogen-bond donors (Lipinski definition) is 1. The van der Waals surface area contributed by atoms with Gasteiger partial charge in [0.2, 0.25) is 0 Å². The molecule has 1 N–H and O–H groups in total. The fourth-order valence-electron chi connectivity index (χ4n) is 2.78. The van der Waals surface area contributed by atoms with Crippen LogP contribution in [-0.4, -0.2) is 16.5 Å². The van der Waals surface area contributed by atoms with E-state index in [1.165, 1.54) is 30.4 Å². The van der Waals surface area contributed by atoms with Crippen molar-refractivity contribution in [3.8, 4) is 11.3 Å². The van der Waals surface area contributed by atoms with E-state index in [1.54, 1.807) is 0 Å². The summed E-state index contributed by atoms with van der Waals surface area (Å²) in [5.74, 6) is 1.64. The number of rotatable bonds is 4. The Labute approximate surface area is 126 Å². The first kappa shape index (κ1) is 14.1. The van der Waals surface area contributed by atoms with Crippen molar-refractivity contribution in [3.63, 3.8) is 0 Å². The lowest BCUT2D eigenvalue weighted by Gasteiger charge is -2.26. The molecule has 0 spiro atoms. The summed E-state index contributed by atoms with van der Waals surface area (Å²) in [5.41, 5.74) is 5.58. The molecule has 1 heterocycles. The molecule has 3 nitrogen and oxygen atoms in total. The van der Waals surface area contributed by atoms with Crippen molar-refractivity contribution >= 4 is 5.82 Å². The van der Waals surface area contributed by atoms with Gasteiger partial charge in [0.05, 0.1) is 11.4 Å². The molecule has 1 aromatic carbocycles. The predicted octanol–water partition coefficient (Wildman–Crippen LogP) is 4.46. The van der Waals surface area contributed by atoms with Crippen LogP contribution in [0.25, 0.3) is 11.3 Å². The number of aromatic nitrogens is 2. The second kappa shape index (κ2) is 5.84. The van der Waals surface area contributed by atoms with Crippen LogP contribution in [0, 0.1) is 13.8 Å². The van der Waals surface area contributed by atoms with Crippen molar-refractivity contribution in [2.24, 2.45) is 0 Å². The average molecular weight is 281 g/mol. The quantitative estimate of drug-likeness (QED) is 0.899. The van der Waals surface area contributed by atoms with Crippen LogP contribution in [0.4, 0.5) is 5.82 Å². The highest BCUT2D eigenvalue weighted by Crippen LogP contribution is 2.38. The molecule has 1 aliphatic rings. The van der Waals surface area contributed by atoms with E-state index in [4.69, 9.17) is 4.98 Å². The minimum absolute atomic E-state index is 0.743. The summed E-state index contributed by atoms with van der Waals surface area (Å²) in [4.78, 5) is 9.45. The highest BCUT2D eigenvalue weighted by molar-refractivity contribution is 5.72. The molecule has 2 aromatic rings. The highest BCUT2D eigenvalue weighted by atomic mass is 15.0. The van der Waals surface area contributed by atoms with Crippen LogP contribution < -0.4 is 5.32 Å². The zero-order valence-electron chi connectivity index (χ0n) is 13.1. The first-order valence-corrected chi connectivity index (χ1v) is 7.88. The molecule has 3 heteroatoms. The standard InChI is InChI=1S/C18H23N3/c1-4-19-18-17(20-12(2)13(3)21-18)16-10-6-9-15(11-16)14-7-5-8-14/h6,9-11,14H,4-5,7-8H2,1-3H3,(H,19,21). The maximum absolute atomic E-state index is 4.78. The molecule has 1 aromatic heterocycles. The molecule has 1 aliphatic carbocycles. The normalized spacial score (nSPS) is 14.8. The summed E-state index contributed by atoms with van der Waals surface area (Å²) in [7, 11) is 0. The first-order valence-electron chi connectivity index (χ1n) is 7.88. The third-order valence-corrected chi connectivity index (χ3v) is 4.39. The van der Waals surface area contributed by atoms with E-state index in [0.717, 1.165) is 35.4 Å². The summed E-state index contributed by atoms with van der Waals surface area (Å²) < 4.78 is 0. The molecule has 3 rings (SSSR count). The Bertz CT molecular complexity index is 645. The lowest BCUT2D eigenvalue weighted by Crippen LogP contribution is -2.09. The Morgan fingerprint density at radius 2 is 1.90 bits per heavy atom. The van der Waals surface area contributed by atoms with E-state index >= 15 is 0 Å². The van der Waals surface area contributed by atoms with E-state index in [9.17, 15) is 0 Å². The maximum Gasteiger partial charge on any atom is 0.152 e. The minimum atomic E-state index is 0.743. The first-order chi connectivity index (χ1) is 10.2. The molecular formula is C18H23N3. The number of nitrogens with one attached hydrogen (secondary N) is 1. The molecule has 0 amide bonds. The van der Waals surface area contributed by atoms with E-state index in [1.807, 2.05) is 13.8 Å². The Kier molecular flexibility index (Phi) is 3.91. The van der Waals surface area contributed by atoms with Crippen molar-refractivity contribution in [2.45, 2.75) is 46.0 Å². The van der Waals surface area contributed by atoms with Gasteiger partial charge >= 0.3 is 0 Å². The SMILES string of the molecule is CCNc1nc(C)c(C)nc1-c1cccc(C2CCC2)c1. The summed E-state index contributed by atoms with van der Waals surface area (Å²) in [6.45, 7) is 6.98. The van der Waals surface area contributed by atoms with Gasteiger partial charge in [-0.15, -0.1) is 0 Å². The monoisotopic (exact) mass is 281 g/mol. The third-order valence-electron chi connectivity index (χ3n) is 4.39. The molecule has 0 saturated heterocycles. The fourth-order valence-corrected chi connectivity index (χ4v) is 2.78. The van der Waals surface area contributed by atoms with Gasteiger partial charge < -0.3 is 5.32 Å². The Morgan fingerprint density at radius 3 is 2.57 bits per heavy atom. The molecule has 0 atom stereocenters. The van der Waals surface area contributed by atoms with Crippen LogP contribution in [0.2, 0.25) is 0 Å². The van der Waals surface area contributed by atoms with Gasteiger partial charge in [-0.05, 0) is 51.2 Å². The van der Waals surface area contributed by atoms with E-state index < -0.39 is 0 Å². The molecule has 21 heavy (non-hydrogen) atoms. The van der Waals surface area contributed by atoms with E-state index in [-0.39, 0.29) is 0 Å². The summed E-state index contributed by atoms with van der Waals surface area (Å²) in [6, 6.07) is 8.83. The Balaban J connectivity index is 2.04. The summed E-state index contributed by atoms with van der Waals surface area (Å²) in [5, 5.41) is 3.35. The predicted molar refractivity (Wildman–Crippen MR) is 87.7 cm³/mol. The van der Waals surface area contributed by atoms with Gasteiger partial charge in [-0.3, -0.25) is 0 Å². The number of nitrogens with zero attached hydrogens (tertiary/aromatic N) is 2. The molecular weight excluding hydrogens is 258 g/mol. The fraction of sp³-hybridized carbons (Fsp3) is 0.444. The average Bonchev–Trinajstić information content (AvgIpc) is 2.41. The van der Waals surface area contributed by atoms with Gasteiger partial charge in [0.15, 0.2) is 5.82 Å². The number of hydrogen-bond acceptors (Lipinski definition) is 3. The zero-order valence-corrected chi connectivity index (χ0v) is 13.1. The second-order valence-electron chi connectivity index (χ2n) is 5.88. The largest absolute Gasteiger partial charge is 0.369 e. The van der Waals surface area contributed by atoms with Gasteiger partial charge in [0.1, 0.15) is 5.69 Å². The highest BCUT2D eigenvalue weighted by Gasteiger charge is 2.20. The van der Waals surface area contributed by atoms with Crippen molar-refractivity contribution < 1.29 is 0 Å². The number of benzene rings is 1. The lowest BCUT2D eigenvalue weighted by atomic mass is 9.79. The van der Waals surface area contributed by atoms with E-state index in [0.29, 0.717) is 0 Å². The van der Waals surface area contributed by atoms with Crippen LogP contribution in [0.15, 0.2) is 24.3 Å². The zero-order chi connectivity index (χ0) is 14.8. The smallest absolute Gasteiger partial charge is 0.152 e. The van der Waals surface area contributed by atoms with Crippen molar-refractivity contribution in [3.05, 3.63) is 41.2 Å². The van der Waals surface area contributed by atoms with Crippen molar-refractivity contribution in [1.82, 2.24) is 9.97 Å². The van der Waals surface area contributed by atoms with Crippen molar-refractivity contribution in [2.75, 3.05) is 11.9 Å². The third kappa shape index (κ3) is 2.78. The van der Waals surface area contributed by atoms with Gasteiger partial charge in [-0.25, -0.2) is 9.97 Å². The van der Waals surface area contributed by atoms with Crippen LogP contribution >= 0.6 is 0 Å². The lowest BCUT2D eigenvalue weighted by molar-refractivity contribution is 0.420. The minimum Gasteiger partial charge on any atom is -0.369 e. The second-order valence-corrected chi connectivity index (χ2v) is 5.88. The summed E-state index contributed by atoms with van der Waals surface area (Å²) >= 11 is 0. The van der Waals surface area contributed by atoms with Crippen LogP contribution in [-0.2, 0) is 0 Å². The topological polar surface area (TPSA) is 37.8 Å². The van der Waals surface area contributed by atoms with Gasteiger partial charge in [-0.1, -0.05) is 24.6 Å². The van der Waals surface area contributed by atoms with Crippen molar-refractivity contribution in [1.29, 1.82) is 0 Å². The molecule has 1 saturated carbocycles. The van der Waals surface area contributed by atoms with Gasteiger partial charge in [-0.2, -0.15) is 0 Å². The van der Waals surface area contributed by atoms with Crippen LogP contribution in [0.3, 0.4) is 0 Å². The van der Waals surface area contributed by atoms with Crippen LogP contribution in [0.5, 0.6) is 0 Å². The van der Waals surface area contributed by atoms with Gasteiger partial charge in [0, 0.05) is 12.1 Å². The van der Waals surface area contributed by atoms with E-state index in [2.05, 4.69) is 41.5 Å². The molecule has 0 radical (unpaired) electrons. The number of aryl methyl sites for hydroxylation is 2. The molecule has 1 fully saturated rings. The van der Waals surface area contributed by atoms with Crippen LogP contribution in [0.1, 0.15) is 49.1 Å². The molecule has 0 unspecified atom stereocenters. The summed E-state index contributed by atoms with van der Waals surface area (Å²) in [6.07, 6.45) is 4.01. The number of anilines is 1.